The predicted molar refractivity (Wildman–Crippen MR) is 127 cm³/mol. The molecule has 0 spiro atoms. The molecule has 2 aromatic carbocycles. The van der Waals surface area contributed by atoms with E-state index < -0.39 is 10.9 Å². The fourth-order valence-electron chi connectivity index (χ4n) is 4.03. The zero-order valence-corrected chi connectivity index (χ0v) is 19.4. The lowest BCUT2D eigenvalue weighted by Crippen LogP contribution is -2.25. The number of esters is 1. The van der Waals surface area contributed by atoms with Gasteiger partial charge in [0.25, 0.3) is 5.56 Å². The number of halogens is 1. The van der Waals surface area contributed by atoms with Crippen LogP contribution in [0.25, 0.3) is 10.9 Å². The Hall–Kier alpha value is -3.40. The summed E-state index contributed by atoms with van der Waals surface area (Å²) in [7, 11) is 0. The molecule has 170 valence electrons. The van der Waals surface area contributed by atoms with Crippen molar-refractivity contribution in [1.82, 2.24) is 9.66 Å². The summed E-state index contributed by atoms with van der Waals surface area (Å²) >= 11 is 3.39. The molecule has 1 aliphatic rings. The van der Waals surface area contributed by atoms with Gasteiger partial charge in [-0.2, -0.15) is 9.78 Å². The fourth-order valence-corrected chi connectivity index (χ4v) is 4.39. The van der Waals surface area contributed by atoms with Gasteiger partial charge in [-0.3, -0.25) is 19.7 Å². The van der Waals surface area contributed by atoms with E-state index >= 15 is 0 Å². The van der Waals surface area contributed by atoms with Crippen molar-refractivity contribution < 1.29 is 14.5 Å². The average molecular weight is 513 g/mol. The zero-order chi connectivity index (χ0) is 23.5. The molecule has 0 amide bonds. The molecule has 1 aliphatic carbocycles. The Morgan fingerprint density at radius 1 is 1.24 bits per heavy atom. The van der Waals surface area contributed by atoms with Crippen LogP contribution in [0, 0.1) is 10.1 Å². The predicted octanol–water partition coefficient (Wildman–Crippen LogP) is 4.92. The molecule has 1 aromatic heterocycles. The van der Waals surface area contributed by atoms with Crippen LogP contribution in [0.2, 0.25) is 0 Å². The number of nitro benzene ring substituents is 1. The van der Waals surface area contributed by atoms with Crippen LogP contribution >= 0.6 is 15.9 Å². The number of carbonyl (C=O) groups excluding carboxylic acids is 1. The highest BCUT2D eigenvalue weighted by Gasteiger charge is 2.23. The van der Waals surface area contributed by atoms with Crippen LogP contribution in [-0.2, 0) is 4.79 Å². The molecule has 4 rings (SSSR count). The molecule has 0 aliphatic heterocycles. The molecule has 0 radical (unpaired) electrons. The summed E-state index contributed by atoms with van der Waals surface area (Å²) in [4.78, 5) is 40.1. The van der Waals surface area contributed by atoms with Crippen LogP contribution in [-0.4, -0.2) is 26.8 Å². The molecule has 0 saturated heterocycles. The number of fused-ring (bicyclic) bond motifs is 1. The normalized spacial score (nSPS) is 14.6. The largest absolute Gasteiger partial charge is 0.419 e. The van der Waals surface area contributed by atoms with E-state index in [9.17, 15) is 19.7 Å². The highest BCUT2D eigenvalue weighted by molar-refractivity contribution is 9.10. The first-order valence-electron chi connectivity index (χ1n) is 10.6. The lowest BCUT2D eigenvalue weighted by molar-refractivity contribution is -0.385. The number of nitro groups is 1. The topological polar surface area (TPSA) is 117 Å². The second kappa shape index (κ2) is 9.62. The maximum Gasteiger partial charge on any atom is 0.312 e. The Morgan fingerprint density at radius 3 is 2.70 bits per heavy atom. The Morgan fingerprint density at radius 2 is 2.00 bits per heavy atom. The van der Waals surface area contributed by atoms with Crippen molar-refractivity contribution in [2.24, 2.45) is 5.10 Å². The maximum absolute atomic E-state index is 13.3. The van der Waals surface area contributed by atoms with Crippen LogP contribution in [0.15, 0.2) is 50.8 Å². The zero-order valence-electron chi connectivity index (χ0n) is 17.9. The SMILES string of the molecule is CC(=O)Oc1ccc(C=Nn2c(C3CCCCC3)nc3ccc(Br)cc3c2=O)cc1[N+](=O)[O-]. The standard InChI is InChI=1S/C23H21BrN4O5/c1-14(29)33-21-10-7-15(11-20(21)28(31)32)13-25-27-22(16-5-3-2-4-6-16)26-19-9-8-17(24)12-18(19)23(27)30/h7-13,16H,2-6H2,1H3. The average Bonchev–Trinajstić information content (AvgIpc) is 2.79. The minimum absolute atomic E-state index is 0.109. The molecule has 0 unspecified atom stereocenters. The molecule has 1 heterocycles. The second-order valence-electron chi connectivity index (χ2n) is 7.91. The fraction of sp³-hybridized carbons (Fsp3) is 0.304. The second-order valence-corrected chi connectivity index (χ2v) is 8.82. The Bertz CT molecular complexity index is 1330. The first-order valence-corrected chi connectivity index (χ1v) is 11.4. The van der Waals surface area contributed by atoms with Crippen molar-refractivity contribution in [3.63, 3.8) is 0 Å². The Labute approximate surface area is 197 Å². The number of ether oxygens (including phenoxy) is 1. The first-order chi connectivity index (χ1) is 15.8. The van der Waals surface area contributed by atoms with Gasteiger partial charge in [0.05, 0.1) is 22.0 Å². The smallest absolute Gasteiger partial charge is 0.312 e. The summed E-state index contributed by atoms with van der Waals surface area (Å²) in [6, 6.07) is 9.47. The van der Waals surface area contributed by atoms with Gasteiger partial charge < -0.3 is 4.74 Å². The van der Waals surface area contributed by atoms with Crippen LogP contribution in [0.5, 0.6) is 5.75 Å². The van der Waals surface area contributed by atoms with Gasteiger partial charge in [0.15, 0.2) is 0 Å². The number of rotatable bonds is 5. The first kappa shape index (κ1) is 22.8. The van der Waals surface area contributed by atoms with Crippen molar-refractivity contribution in [1.29, 1.82) is 0 Å². The summed E-state index contributed by atoms with van der Waals surface area (Å²) in [5.74, 6) is -0.104. The van der Waals surface area contributed by atoms with E-state index in [1.807, 2.05) is 6.07 Å². The van der Waals surface area contributed by atoms with Gasteiger partial charge in [-0.25, -0.2) is 4.98 Å². The molecule has 33 heavy (non-hydrogen) atoms. The van der Waals surface area contributed by atoms with Gasteiger partial charge in [0.1, 0.15) is 5.82 Å². The summed E-state index contributed by atoms with van der Waals surface area (Å²) in [6.07, 6.45) is 6.50. The van der Waals surface area contributed by atoms with Crippen molar-refractivity contribution in [2.45, 2.75) is 44.9 Å². The number of benzene rings is 2. The summed E-state index contributed by atoms with van der Waals surface area (Å²) < 4.78 is 6.96. The molecule has 0 N–H and O–H groups in total. The van der Waals surface area contributed by atoms with Gasteiger partial charge >= 0.3 is 11.7 Å². The molecular weight excluding hydrogens is 492 g/mol. The third-order valence-electron chi connectivity index (χ3n) is 5.56. The van der Waals surface area contributed by atoms with E-state index in [0.717, 1.165) is 36.6 Å². The van der Waals surface area contributed by atoms with Gasteiger partial charge in [-0.1, -0.05) is 35.2 Å². The van der Waals surface area contributed by atoms with Crippen molar-refractivity contribution in [2.75, 3.05) is 0 Å². The molecule has 1 saturated carbocycles. The highest BCUT2D eigenvalue weighted by Crippen LogP contribution is 2.32. The lowest BCUT2D eigenvalue weighted by Gasteiger charge is -2.22. The molecule has 0 atom stereocenters. The third kappa shape index (κ3) is 5.00. The van der Waals surface area contributed by atoms with Crippen molar-refractivity contribution >= 4 is 44.7 Å². The summed E-state index contributed by atoms with van der Waals surface area (Å²) in [6.45, 7) is 1.17. The summed E-state index contributed by atoms with van der Waals surface area (Å²) in [5, 5.41) is 16.2. The summed E-state index contributed by atoms with van der Waals surface area (Å²) in [5.41, 5.74) is 0.323. The molecule has 9 nitrogen and oxygen atoms in total. The maximum atomic E-state index is 13.3. The van der Waals surface area contributed by atoms with E-state index in [1.54, 1.807) is 12.1 Å². The quantitative estimate of drug-likeness (QED) is 0.157. The van der Waals surface area contributed by atoms with Crippen molar-refractivity contribution in [3.05, 3.63) is 72.7 Å². The van der Waals surface area contributed by atoms with Crippen LogP contribution in [0.4, 0.5) is 5.69 Å². The van der Waals surface area contributed by atoms with Crippen LogP contribution < -0.4 is 10.3 Å². The molecule has 3 aromatic rings. The number of carbonyl (C=O) groups is 1. The van der Waals surface area contributed by atoms with E-state index in [2.05, 4.69) is 21.0 Å². The highest BCUT2D eigenvalue weighted by atomic mass is 79.9. The van der Waals surface area contributed by atoms with Crippen molar-refractivity contribution in [3.8, 4) is 5.75 Å². The minimum Gasteiger partial charge on any atom is -0.419 e. The molecular formula is C23H21BrN4O5. The molecule has 0 bridgehead atoms. The Balaban J connectivity index is 1.81. The van der Waals surface area contributed by atoms with Gasteiger partial charge in [0.2, 0.25) is 5.75 Å². The van der Waals surface area contributed by atoms with Gasteiger partial charge in [-0.05, 0) is 43.2 Å². The lowest BCUT2D eigenvalue weighted by atomic mass is 9.88. The third-order valence-corrected chi connectivity index (χ3v) is 6.05. The number of hydrogen-bond acceptors (Lipinski definition) is 7. The van der Waals surface area contributed by atoms with E-state index in [-0.39, 0.29) is 22.9 Å². The molecule has 10 heteroatoms. The van der Waals surface area contributed by atoms with E-state index in [1.165, 1.54) is 36.0 Å². The minimum atomic E-state index is -0.656. The van der Waals surface area contributed by atoms with Crippen LogP contribution in [0.1, 0.15) is 56.3 Å². The van der Waals surface area contributed by atoms with E-state index in [0.29, 0.717) is 22.3 Å². The number of hydrogen-bond donors (Lipinski definition) is 0. The number of aromatic nitrogens is 2. The van der Waals surface area contributed by atoms with Gasteiger partial charge in [0, 0.05) is 28.9 Å². The molecule has 1 fully saturated rings. The monoisotopic (exact) mass is 512 g/mol. The van der Waals surface area contributed by atoms with Gasteiger partial charge in [-0.15, -0.1) is 0 Å². The Kier molecular flexibility index (Phi) is 6.64. The van der Waals surface area contributed by atoms with Crippen LogP contribution in [0.3, 0.4) is 0 Å². The number of nitrogens with zero attached hydrogens (tertiary/aromatic N) is 4. The van der Waals surface area contributed by atoms with E-state index in [4.69, 9.17) is 9.72 Å².